The summed E-state index contributed by atoms with van der Waals surface area (Å²) in [5.41, 5.74) is 4.62. The molecule has 35 heavy (non-hydrogen) atoms. The van der Waals surface area contributed by atoms with Crippen molar-refractivity contribution in [3.05, 3.63) is 79.7 Å². The highest BCUT2D eigenvalue weighted by Crippen LogP contribution is 2.31. The Hall–Kier alpha value is -3.01. The molecule has 0 radical (unpaired) electrons. The molecule has 1 aromatic carbocycles. The maximum absolute atomic E-state index is 5.22. The Morgan fingerprint density at radius 1 is 0.943 bits per heavy atom. The van der Waals surface area contributed by atoms with Crippen molar-refractivity contribution in [3.63, 3.8) is 0 Å². The van der Waals surface area contributed by atoms with Crippen LogP contribution >= 0.6 is 0 Å². The number of benzene rings is 1. The van der Waals surface area contributed by atoms with Crippen LogP contribution in [0.5, 0.6) is 0 Å². The molecule has 4 rings (SSSR count). The SMILES string of the molecule is C=C.C=C(OC)c1ccc(Cn2ccc3c(N4CC(C)CCC(C)C4)ccnc32)cc1.CC.CC. The predicted octanol–water partition coefficient (Wildman–Crippen LogP) is 8.43. The van der Waals surface area contributed by atoms with Gasteiger partial charge in [0.05, 0.1) is 7.11 Å². The van der Waals surface area contributed by atoms with Crippen molar-refractivity contribution in [1.29, 1.82) is 0 Å². The number of anilines is 1. The largest absolute Gasteiger partial charge is 0.497 e. The van der Waals surface area contributed by atoms with E-state index in [1.807, 2.05) is 33.9 Å². The third-order valence-corrected chi connectivity index (χ3v) is 6.07. The Balaban J connectivity index is 0.000000949. The first-order valence-corrected chi connectivity index (χ1v) is 13.1. The first-order chi connectivity index (χ1) is 17.0. The quantitative estimate of drug-likeness (QED) is 0.273. The normalized spacial score (nSPS) is 16.9. The monoisotopic (exact) mass is 477 g/mol. The fraction of sp³-hybridized carbons (Fsp3) is 0.452. The lowest BCUT2D eigenvalue weighted by Crippen LogP contribution is -2.29. The van der Waals surface area contributed by atoms with E-state index in [-0.39, 0.29) is 0 Å². The molecule has 0 aliphatic carbocycles. The van der Waals surface area contributed by atoms with Crippen LogP contribution in [0.1, 0.15) is 65.5 Å². The number of pyridine rings is 1. The van der Waals surface area contributed by atoms with Crippen LogP contribution in [0, 0.1) is 11.8 Å². The predicted molar refractivity (Wildman–Crippen MR) is 155 cm³/mol. The van der Waals surface area contributed by atoms with Crippen LogP contribution in [0.25, 0.3) is 16.8 Å². The van der Waals surface area contributed by atoms with Gasteiger partial charge in [-0.05, 0) is 42.4 Å². The zero-order valence-corrected chi connectivity index (χ0v) is 23.2. The third-order valence-electron chi connectivity index (χ3n) is 6.07. The van der Waals surface area contributed by atoms with Gasteiger partial charge in [-0.25, -0.2) is 4.98 Å². The van der Waals surface area contributed by atoms with E-state index in [0.29, 0.717) is 5.76 Å². The molecule has 0 N–H and O–H groups in total. The molecule has 192 valence electrons. The molecule has 4 heteroatoms. The number of hydrogen-bond acceptors (Lipinski definition) is 3. The van der Waals surface area contributed by atoms with E-state index in [0.717, 1.165) is 42.7 Å². The maximum Gasteiger partial charge on any atom is 0.142 e. The van der Waals surface area contributed by atoms with Gasteiger partial charge in [0.15, 0.2) is 0 Å². The second-order valence-electron chi connectivity index (χ2n) is 8.53. The molecule has 0 saturated carbocycles. The van der Waals surface area contributed by atoms with E-state index in [1.165, 1.54) is 29.5 Å². The van der Waals surface area contributed by atoms with Gasteiger partial charge in [0, 0.05) is 48.7 Å². The van der Waals surface area contributed by atoms with Crippen molar-refractivity contribution in [2.45, 2.75) is 60.9 Å². The zero-order chi connectivity index (χ0) is 26.4. The Bertz CT molecular complexity index is 994. The lowest BCUT2D eigenvalue weighted by Gasteiger charge is -2.27. The lowest BCUT2D eigenvalue weighted by atomic mass is 10.0. The van der Waals surface area contributed by atoms with Crippen molar-refractivity contribution < 1.29 is 4.74 Å². The second-order valence-corrected chi connectivity index (χ2v) is 8.53. The van der Waals surface area contributed by atoms with Crippen LogP contribution in [-0.2, 0) is 11.3 Å². The van der Waals surface area contributed by atoms with Crippen LogP contribution in [0.15, 0.2) is 68.5 Å². The Morgan fingerprint density at radius 3 is 2.06 bits per heavy atom. The first kappa shape index (κ1) is 30.0. The molecule has 0 amide bonds. The van der Waals surface area contributed by atoms with Crippen LogP contribution < -0.4 is 4.90 Å². The molecule has 3 aromatic rings. The Kier molecular flexibility index (Phi) is 13.6. The minimum atomic E-state index is 0.690. The molecular weight excluding hydrogens is 430 g/mol. The summed E-state index contributed by atoms with van der Waals surface area (Å²) in [4.78, 5) is 7.29. The minimum Gasteiger partial charge on any atom is -0.497 e. The molecule has 1 aliphatic rings. The van der Waals surface area contributed by atoms with Gasteiger partial charge in [-0.2, -0.15) is 0 Å². The Morgan fingerprint density at radius 2 is 1.51 bits per heavy atom. The number of ether oxygens (including phenoxy) is 1. The topological polar surface area (TPSA) is 30.3 Å². The van der Waals surface area contributed by atoms with Gasteiger partial charge < -0.3 is 14.2 Å². The number of hydrogen-bond donors (Lipinski definition) is 0. The van der Waals surface area contributed by atoms with Gasteiger partial charge >= 0.3 is 0 Å². The molecule has 1 fully saturated rings. The van der Waals surface area contributed by atoms with E-state index in [4.69, 9.17) is 9.72 Å². The van der Waals surface area contributed by atoms with Crippen molar-refractivity contribution in [3.8, 4) is 0 Å². The molecule has 0 bridgehead atoms. The zero-order valence-electron chi connectivity index (χ0n) is 23.2. The number of nitrogens with zero attached hydrogens (tertiary/aromatic N) is 3. The number of aromatic nitrogens is 2. The third kappa shape index (κ3) is 8.02. The molecule has 2 aromatic heterocycles. The van der Waals surface area contributed by atoms with Gasteiger partial charge in [0.25, 0.3) is 0 Å². The van der Waals surface area contributed by atoms with E-state index >= 15 is 0 Å². The van der Waals surface area contributed by atoms with Crippen molar-refractivity contribution in [2.75, 3.05) is 25.1 Å². The van der Waals surface area contributed by atoms with Gasteiger partial charge in [0.1, 0.15) is 11.4 Å². The van der Waals surface area contributed by atoms with E-state index < -0.39 is 0 Å². The van der Waals surface area contributed by atoms with Gasteiger partial charge in [0.2, 0.25) is 0 Å². The number of rotatable bonds is 5. The van der Waals surface area contributed by atoms with E-state index in [9.17, 15) is 0 Å². The molecular formula is C31H47N3O. The second kappa shape index (κ2) is 15.8. The summed E-state index contributed by atoms with van der Waals surface area (Å²) >= 11 is 0. The standard InChI is InChI=1S/C25H31N3O.2C2H6.C2H4/c1-18-5-6-19(2)16-28(15-18)24-11-13-26-25-23(24)12-14-27(25)17-21-7-9-22(10-8-21)20(3)29-4;3*1-2/h7-14,18-19H,3,5-6,15-17H2,1-2,4H3;2*1-2H3;1-2H2. The molecule has 0 spiro atoms. The van der Waals surface area contributed by atoms with Crippen molar-refractivity contribution in [2.24, 2.45) is 11.8 Å². The highest BCUT2D eigenvalue weighted by molar-refractivity contribution is 5.90. The van der Waals surface area contributed by atoms with Crippen LogP contribution in [0.2, 0.25) is 0 Å². The molecule has 3 heterocycles. The fourth-order valence-corrected chi connectivity index (χ4v) is 4.37. The minimum absolute atomic E-state index is 0.690. The van der Waals surface area contributed by atoms with Gasteiger partial charge in [-0.1, -0.05) is 72.4 Å². The highest BCUT2D eigenvalue weighted by atomic mass is 16.5. The molecule has 2 unspecified atom stereocenters. The smallest absolute Gasteiger partial charge is 0.142 e. The lowest BCUT2D eigenvalue weighted by molar-refractivity contribution is 0.371. The summed E-state index contributed by atoms with van der Waals surface area (Å²) < 4.78 is 7.46. The summed E-state index contributed by atoms with van der Waals surface area (Å²) in [6.45, 7) is 25.7. The number of methoxy groups -OCH3 is 1. The maximum atomic E-state index is 5.22. The average Bonchev–Trinajstić information content (AvgIpc) is 3.24. The van der Waals surface area contributed by atoms with Crippen LogP contribution in [-0.4, -0.2) is 29.8 Å². The van der Waals surface area contributed by atoms with Crippen LogP contribution in [0.4, 0.5) is 5.69 Å². The summed E-state index contributed by atoms with van der Waals surface area (Å²) in [6.07, 6.45) is 6.75. The Labute approximate surface area is 214 Å². The molecule has 1 saturated heterocycles. The first-order valence-electron chi connectivity index (χ1n) is 13.1. The van der Waals surface area contributed by atoms with Gasteiger partial charge in [-0.3, -0.25) is 0 Å². The van der Waals surface area contributed by atoms with Gasteiger partial charge in [-0.15, -0.1) is 13.2 Å². The summed E-state index contributed by atoms with van der Waals surface area (Å²) in [6, 6.07) is 12.8. The summed E-state index contributed by atoms with van der Waals surface area (Å²) in [7, 11) is 1.65. The highest BCUT2D eigenvalue weighted by Gasteiger charge is 2.21. The van der Waals surface area contributed by atoms with E-state index in [2.05, 4.69) is 85.6 Å². The molecule has 1 aliphatic heterocycles. The summed E-state index contributed by atoms with van der Waals surface area (Å²) in [5.74, 6) is 2.14. The van der Waals surface area contributed by atoms with Crippen LogP contribution in [0.3, 0.4) is 0 Å². The molecule has 2 atom stereocenters. The van der Waals surface area contributed by atoms with Crippen molar-refractivity contribution in [1.82, 2.24) is 9.55 Å². The van der Waals surface area contributed by atoms with E-state index in [1.54, 1.807) is 7.11 Å². The summed E-state index contributed by atoms with van der Waals surface area (Å²) in [5, 5.41) is 1.25. The van der Waals surface area contributed by atoms with Crippen molar-refractivity contribution >= 4 is 22.5 Å². The fourth-order valence-electron chi connectivity index (χ4n) is 4.37. The average molecular weight is 478 g/mol. The molecule has 4 nitrogen and oxygen atoms in total. The number of fused-ring (bicyclic) bond motifs is 1.